The first-order chi connectivity index (χ1) is 26.8. The highest BCUT2D eigenvalue weighted by atomic mass is 16.8. The molecule has 5 aliphatic carbocycles. The molecule has 2 heterocycles. The van der Waals surface area contributed by atoms with Crippen LogP contribution in [-0.2, 0) is 38.1 Å². The Labute approximate surface area is 337 Å². The van der Waals surface area contributed by atoms with Gasteiger partial charge in [0, 0.05) is 5.92 Å². The molecule has 4 saturated carbocycles. The first-order valence-corrected chi connectivity index (χ1v) is 20.7. The average Bonchev–Trinajstić information content (AvgIpc) is 3.13. The van der Waals surface area contributed by atoms with Crippen molar-refractivity contribution < 1.29 is 79.0 Å². The number of ketones is 1. The molecule has 19 atom stereocenters. The first-order valence-electron chi connectivity index (χ1n) is 20.7. The summed E-state index contributed by atoms with van der Waals surface area (Å²) in [6.07, 6.45) is -12.2. The van der Waals surface area contributed by atoms with E-state index in [0.29, 0.717) is 25.7 Å². The normalized spacial score (nSPS) is 52.6. The average molecular weight is 823 g/mol. The Morgan fingerprint density at radius 3 is 1.88 bits per heavy atom. The van der Waals surface area contributed by atoms with Crippen molar-refractivity contribution in [3.63, 3.8) is 0 Å². The highest BCUT2D eigenvalue weighted by molar-refractivity contribution is 5.95. The number of rotatable bonds is 7. The van der Waals surface area contributed by atoms with Crippen LogP contribution in [0.15, 0.2) is 11.6 Å². The molecule has 0 amide bonds. The SMILES string of the molecule is CC1(C)[C@@H](O[C@H]2O[C@@H](C(=O)O)[C@@H](O)[C@H](O)[C@H]2O[C@@H]2O[C@@H](C(=O)O)[C@@H](O)[C@H](O)[C@H]2O)CC[C@]2(C)[C@H]3C(=O)C=C4[C@@H]5C[C@@](C)(C(=O)O)CC[C@]5(C)CC[C@@]4(C)[C@]3(C)CC[C@@H]12. The third kappa shape index (κ3) is 6.25. The largest absolute Gasteiger partial charge is 0.481 e. The molecule has 16 nitrogen and oxygen atoms in total. The number of fused-ring (bicyclic) bond motifs is 7. The minimum atomic E-state index is -2.05. The van der Waals surface area contributed by atoms with Crippen LogP contribution in [0.5, 0.6) is 0 Å². The lowest BCUT2D eigenvalue weighted by atomic mass is 9.33. The van der Waals surface area contributed by atoms with Crippen LogP contribution in [0.25, 0.3) is 0 Å². The maximum absolute atomic E-state index is 14.8. The van der Waals surface area contributed by atoms with E-state index in [4.69, 9.17) is 18.9 Å². The number of hydrogen-bond acceptors (Lipinski definition) is 13. The Hall–Kier alpha value is -2.54. The van der Waals surface area contributed by atoms with Crippen molar-refractivity contribution >= 4 is 23.7 Å². The van der Waals surface area contributed by atoms with Crippen LogP contribution in [0.4, 0.5) is 0 Å². The van der Waals surface area contributed by atoms with Gasteiger partial charge in [-0.25, -0.2) is 9.59 Å². The molecule has 7 aliphatic rings. The Morgan fingerprint density at radius 2 is 1.28 bits per heavy atom. The third-order valence-corrected chi connectivity index (χ3v) is 17.2. The van der Waals surface area contributed by atoms with Crippen molar-refractivity contribution in [3.8, 4) is 0 Å². The molecule has 0 radical (unpaired) electrons. The molecule has 0 aromatic carbocycles. The molecule has 0 unspecified atom stereocenters. The predicted octanol–water partition coefficient (Wildman–Crippen LogP) is 2.25. The fraction of sp³-hybridized carbons (Fsp3) is 0.857. The summed E-state index contributed by atoms with van der Waals surface area (Å²) in [7, 11) is 0. The van der Waals surface area contributed by atoms with Crippen molar-refractivity contribution in [3.05, 3.63) is 11.6 Å². The molecular formula is C42H62O16. The van der Waals surface area contributed by atoms with Crippen molar-refractivity contribution in [1.29, 1.82) is 0 Å². The van der Waals surface area contributed by atoms with Crippen molar-refractivity contribution in [2.24, 2.45) is 50.2 Å². The van der Waals surface area contributed by atoms with Gasteiger partial charge in [0.15, 0.2) is 30.6 Å². The van der Waals surface area contributed by atoms with Gasteiger partial charge >= 0.3 is 17.9 Å². The van der Waals surface area contributed by atoms with Crippen LogP contribution in [0.2, 0.25) is 0 Å². The van der Waals surface area contributed by atoms with E-state index in [-0.39, 0.29) is 34.4 Å². The second-order valence-electron chi connectivity index (χ2n) is 20.6. The summed E-state index contributed by atoms with van der Waals surface area (Å²) in [6.45, 7) is 14.8. The van der Waals surface area contributed by atoms with Crippen molar-refractivity contribution in [2.45, 2.75) is 174 Å². The van der Waals surface area contributed by atoms with Gasteiger partial charge in [0.2, 0.25) is 0 Å². The molecule has 8 N–H and O–H groups in total. The van der Waals surface area contributed by atoms with E-state index in [1.54, 1.807) is 0 Å². The molecule has 2 saturated heterocycles. The Balaban J connectivity index is 1.17. The number of aliphatic hydroxyl groups is 5. The Bertz CT molecular complexity index is 1730. The zero-order valence-electron chi connectivity index (χ0n) is 34.4. The number of carbonyl (C=O) groups excluding carboxylic acids is 1. The number of carbonyl (C=O) groups is 4. The lowest BCUT2D eigenvalue weighted by Gasteiger charge is -2.70. The zero-order chi connectivity index (χ0) is 42.9. The molecule has 0 spiro atoms. The van der Waals surface area contributed by atoms with E-state index in [1.165, 1.54) is 0 Å². The van der Waals surface area contributed by atoms with Gasteiger partial charge in [0.1, 0.15) is 36.6 Å². The van der Waals surface area contributed by atoms with E-state index in [1.807, 2.05) is 26.8 Å². The van der Waals surface area contributed by atoms with Gasteiger partial charge in [0.25, 0.3) is 0 Å². The van der Waals surface area contributed by atoms with Crippen LogP contribution < -0.4 is 0 Å². The second-order valence-corrected chi connectivity index (χ2v) is 20.6. The summed E-state index contributed by atoms with van der Waals surface area (Å²) >= 11 is 0. The molecule has 0 aromatic heterocycles. The molecule has 0 bridgehead atoms. The van der Waals surface area contributed by atoms with Crippen LogP contribution in [0.1, 0.15) is 106 Å². The van der Waals surface area contributed by atoms with Crippen LogP contribution in [0, 0.1) is 50.2 Å². The van der Waals surface area contributed by atoms with E-state index in [2.05, 4.69) is 27.7 Å². The number of carboxylic acid groups (broad SMARTS) is 3. The van der Waals surface area contributed by atoms with Gasteiger partial charge in [-0.3, -0.25) is 9.59 Å². The zero-order valence-corrected chi connectivity index (χ0v) is 34.4. The Kier molecular flexibility index (Phi) is 10.7. The first kappa shape index (κ1) is 43.5. The van der Waals surface area contributed by atoms with E-state index >= 15 is 0 Å². The van der Waals surface area contributed by atoms with Gasteiger partial charge in [-0.1, -0.05) is 47.1 Å². The fourth-order valence-corrected chi connectivity index (χ4v) is 13.4. The molecule has 2 aliphatic heterocycles. The lowest BCUT2D eigenvalue weighted by Crippen LogP contribution is -2.68. The standard InChI is InChI=1S/C42H62O16/c1-37(2)21-8-11-42(7)31(20(43)16-18-19-17-39(4,36(53)54)13-12-38(19,3)14-15-41(18,42)6)40(21,5)10-9-22(37)55-35-30(26(47)25(46)29(57-35)33(51)52)58-34-27(48)23(44)24(45)28(56-34)32(49)50/h16,19,21-31,34-35,44-48H,8-15,17H2,1-7H3,(H,49,50)(H,51,52)(H,53,54)/t19-,21-,22-,23-,24-,25-,26-,27+,28+,29+,30+,31+,34-,35-,38+,39-,40-,41+,42+/m0/s1. The van der Waals surface area contributed by atoms with Gasteiger partial charge in [-0.2, -0.15) is 0 Å². The molecular weight excluding hydrogens is 760 g/mol. The van der Waals surface area contributed by atoms with Gasteiger partial charge in [-0.05, 0) is 110 Å². The maximum atomic E-state index is 14.8. The predicted molar refractivity (Wildman–Crippen MR) is 199 cm³/mol. The minimum Gasteiger partial charge on any atom is -0.481 e. The maximum Gasteiger partial charge on any atom is 0.335 e. The highest BCUT2D eigenvalue weighted by Gasteiger charge is 2.71. The summed E-state index contributed by atoms with van der Waals surface area (Å²) < 4.78 is 23.4. The van der Waals surface area contributed by atoms with Crippen molar-refractivity contribution in [1.82, 2.24) is 0 Å². The summed E-state index contributed by atoms with van der Waals surface area (Å²) in [5.74, 6) is -4.47. The summed E-state index contributed by atoms with van der Waals surface area (Å²) in [4.78, 5) is 51.3. The molecule has 0 aromatic rings. The second kappa shape index (κ2) is 14.3. The molecule has 58 heavy (non-hydrogen) atoms. The molecule has 7 rings (SSSR count). The van der Waals surface area contributed by atoms with Crippen molar-refractivity contribution in [2.75, 3.05) is 0 Å². The monoisotopic (exact) mass is 822 g/mol. The van der Waals surface area contributed by atoms with E-state index in [9.17, 15) is 60.0 Å². The molecule has 6 fully saturated rings. The minimum absolute atomic E-state index is 0.0217. The Morgan fingerprint density at radius 1 is 0.690 bits per heavy atom. The smallest absolute Gasteiger partial charge is 0.335 e. The number of allylic oxidation sites excluding steroid dienone is 2. The summed E-state index contributed by atoms with van der Waals surface area (Å²) in [5.41, 5.74) is -1.81. The number of aliphatic hydroxyl groups excluding tert-OH is 5. The highest BCUT2D eigenvalue weighted by Crippen LogP contribution is 2.75. The van der Waals surface area contributed by atoms with Gasteiger partial charge in [-0.15, -0.1) is 0 Å². The van der Waals surface area contributed by atoms with Crippen LogP contribution >= 0.6 is 0 Å². The lowest BCUT2D eigenvalue weighted by molar-refractivity contribution is -0.371. The third-order valence-electron chi connectivity index (χ3n) is 17.2. The van der Waals surface area contributed by atoms with Gasteiger partial charge < -0.3 is 59.8 Å². The van der Waals surface area contributed by atoms with E-state index < -0.39 is 107 Å². The van der Waals surface area contributed by atoms with Crippen LogP contribution in [-0.4, -0.2) is 132 Å². The van der Waals surface area contributed by atoms with E-state index in [0.717, 1.165) is 37.7 Å². The molecule has 16 heteroatoms. The number of ether oxygens (including phenoxy) is 4. The quantitative estimate of drug-likeness (QED) is 0.171. The summed E-state index contributed by atoms with van der Waals surface area (Å²) in [6, 6.07) is 0. The summed E-state index contributed by atoms with van der Waals surface area (Å²) in [5, 5.41) is 83.0. The number of aliphatic carboxylic acids is 3. The fourth-order valence-electron chi connectivity index (χ4n) is 13.4. The van der Waals surface area contributed by atoms with Gasteiger partial charge in [0.05, 0.1) is 11.5 Å². The topological polar surface area (TPSA) is 267 Å². The molecule has 326 valence electrons. The van der Waals surface area contributed by atoms with Crippen LogP contribution in [0.3, 0.4) is 0 Å². The number of carboxylic acids is 3. The number of hydrogen-bond donors (Lipinski definition) is 8.